The molecule has 3 aromatic rings. The Morgan fingerprint density at radius 2 is 1.95 bits per heavy atom. The van der Waals surface area contributed by atoms with Gasteiger partial charge in [0.05, 0.1) is 6.04 Å². The van der Waals surface area contributed by atoms with Gasteiger partial charge >= 0.3 is 0 Å². The van der Waals surface area contributed by atoms with E-state index in [9.17, 15) is 0 Å². The maximum atomic E-state index is 4.47. The van der Waals surface area contributed by atoms with E-state index in [2.05, 4.69) is 52.7 Å². The number of pyridine rings is 1. The average molecular weight is 289 g/mol. The Balaban J connectivity index is 1.70. The van der Waals surface area contributed by atoms with Gasteiger partial charge in [0.15, 0.2) is 0 Å². The second-order valence-electron chi connectivity index (χ2n) is 6.46. The SMILES string of the molecule is CCc1cncc2c1C[C@@H]1N[C@H]2Cc2c1[nH]c1ccccc21. The van der Waals surface area contributed by atoms with Crippen molar-refractivity contribution in [2.24, 2.45) is 0 Å². The molecular weight excluding hydrogens is 270 g/mol. The third kappa shape index (κ3) is 1.57. The van der Waals surface area contributed by atoms with Gasteiger partial charge in [-0.05, 0) is 47.6 Å². The minimum Gasteiger partial charge on any atom is -0.357 e. The molecule has 2 bridgehead atoms. The van der Waals surface area contributed by atoms with Crippen molar-refractivity contribution in [1.29, 1.82) is 0 Å². The fourth-order valence-corrected chi connectivity index (χ4v) is 4.29. The molecule has 0 saturated heterocycles. The monoisotopic (exact) mass is 289 g/mol. The van der Waals surface area contributed by atoms with Crippen molar-refractivity contribution in [1.82, 2.24) is 15.3 Å². The highest BCUT2D eigenvalue weighted by Crippen LogP contribution is 2.42. The van der Waals surface area contributed by atoms with Crippen LogP contribution in [0.2, 0.25) is 0 Å². The summed E-state index contributed by atoms with van der Waals surface area (Å²) in [4.78, 5) is 8.14. The molecule has 5 rings (SSSR count). The standard InChI is InChI=1S/C19H19N3/c1-2-11-9-20-10-15-13(11)7-18-19-14(8-17(15)21-18)12-5-3-4-6-16(12)22-19/h3-6,9-10,17-18,21-22H,2,7-8H2,1H3/t17-,18-/m0/s1. The van der Waals surface area contributed by atoms with E-state index < -0.39 is 0 Å². The number of para-hydroxylation sites is 1. The summed E-state index contributed by atoms with van der Waals surface area (Å²) in [6.45, 7) is 2.23. The lowest BCUT2D eigenvalue weighted by atomic mass is 9.79. The fourth-order valence-electron chi connectivity index (χ4n) is 4.29. The minimum absolute atomic E-state index is 0.402. The van der Waals surface area contributed by atoms with Gasteiger partial charge in [-0.2, -0.15) is 0 Å². The predicted octanol–water partition coefficient (Wildman–Crippen LogP) is 3.61. The summed E-state index contributed by atoms with van der Waals surface area (Å²) in [6, 6.07) is 9.48. The predicted molar refractivity (Wildman–Crippen MR) is 87.9 cm³/mol. The van der Waals surface area contributed by atoms with Gasteiger partial charge in [0, 0.05) is 35.0 Å². The largest absolute Gasteiger partial charge is 0.357 e. The lowest BCUT2D eigenvalue weighted by Crippen LogP contribution is -2.39. The first kappa shape index (κ1) is 12.4. The van der Waals surface area contributed by atoms with Gasteiger partial charge in [-0.1, -0.05) is 25.1 Å². The van der Waals surface area contributed by atoms with Crippen molar-refractivity contribution in [3.8, 4) is 0 Å². The van der Waals surface area contributed by atoms with Gasteiger partial charge in [0.1, 0.15) is 0 Å². The molecule has 4 heterocycles. The Hall–Kier alpha value is -2.13. The normalized spacial score (nSPS) is 22.4. The fraction of sp³-hybridized carbons (Fsp3) is 0.316. The second kappa shape index (κ2) is 4.43. The Labute approximate surface area is 129 Å². The van der Waals surface area contributed by atoms with Crippen molar-refractivity contribution >= 4 is 10.9 Å². The number of hydrogen-bond donors (Lipinski definition) is 2. The van der Waals surface area contributed by atoms with Crippen molar-refractivity contribution in [3.05, 3.63) is 64.6 Å². The van der Waals surface area contributed by atoms with Crippen LogP contribution in [0.4, 0.5) is 0 Å². The molecule has 0 fully saturated rings. The highest BCUT2D eigenvalue weighted by atomic mass is 15.0. The summed E-state index contributed by atoms with van der Waals surface area (Å²) < 4.78 is 0. The van der Waals surface area contributed by atoms with Crippen molar-refractivity contribution in [2.45, 2.75) is 38.3 Å². The summed E-state index contributed by atoms with van der Waals surface area (Å²) in [7, 11) is 0. The molecule has 110 valence electrons. The Bertz CT molecular complexity index is 878. The molecule has 3 nitrogen and oxygen atoms in total. The summed E-state index contributed by atoms with van der Waals surface area (Å²) >= 11 is 0. The minimum atomic E-state index is 0.402. The molecule has 0 aliphatic carbocycles. The molecule has 2 aliphatic rings. The van der Waals surface area contributed by atoms with Crippen LogP contribution in [0.1, 0.15) is 47.0 Å². The molecule has 2 N–H and O–H groups in total. The smallest absolute Gasteiger partial charge is 0.0521 e. The van der Waals surface area contributed by atoms with Crippen LogP contribution in [0.5, 0.6) is 0 Å². The number of nitrogens with one attached hydrogen (secondary N) is 2. The molecular formula is C19H19N3. The number of fused-ring (bicyclic) bond motifs is 8. The number of hydrogen-bond acceptors (Lipinski definition) is 2. The van der Waals surface area contributed by atoms with E-state index in [0.29, 0.717) is 12.1 Å². The maximum Gasteiger partial charge on any atom is 0.0521 e. The third-order valence-electron chi connectivity index (χ3n) is 5.35. The first-order chi connectivity index (χ1) is 10.8. The van der Waals surface area contributed by atoms with Crippen LogP contribution in [0.15, 0.2) is 36.7 Å². The summed E-state index contributed by atoms with van der Waals surface area (Å²) in [6.07, 6.45) is 7.30. The molecule has 3 heteroatoms. The first-order valence-electron chi connectivity index (χ1n) is 8.16. The van der Waals surface area contributed by atoms with E-state index in [4.69, 9.17) is 0 Å². The van der Waals surface area contributed by atoms with Crippen molar-refractivity contribution in [3.63, 3.8) is 0 Å². The second-order valence-corrected chi connectivity index (χ2v) is 6.46. The lowest BCUT2D eigenvalue weighted by molar-refractivity contribution is 0.375. The summed E-state index contributed by atoms with van der Waals surface area (Å²) in [5, 5.41) is 5.19. The van der Waals surface area contributed by atoms with Gasteiger partial charge in [0.2, 0.25) is 0 Å². The molecule has 2 aromatic heterocycles. The number of aromatic nitrogens is 2. The van der Waals surface area contributed by atoms with Gasteiger partial charge in [-0.15, -0.1) is 0 Å². The van der Waals surface area contributed by atoms with Gasteiger partial charge in [0.25, 0.3) is 0 Å². The van der Waals surface area contributed by atoms with E-state index in [1.54, 1.807) is 0 Å². The molecule has 0 unspecified atom stereocenters. The highest BCUT2D eigenvalue weighted by molar-refractivity contribution is 5.85. The quantitative estimate of drug-likeness (QED) is 0.718. The highest BCUT2D eigenvalue weighted by Gasteiger charge is 2.36. The number of rotatable bonds is 1. The van der Waals surface area contributed by atoms with E-state index >= 15 is 0 Å². The zero-order chi connectivity index (χ0) is 14.7. The molecule has 0 amide bonds. The number of aryl methyl sites for hydroxylation is 1. The topological polar surface area (TPSA) is 40.7 Å². The first-order valence-corrected chi connectivity index (χ1v) is 8.16. The van der Waals surface area contributed by atoms with E-state index in [1.807, 2.05) is 6.20 Å². The number of benzene rings is 1. The Kier molecular flexibility index (Phi) is 2.50. The maximum absolute atomic E-state index is 4.47. The van der Waals surface area contributed by atoms with Crippen molar-refractivity contribution in [2.75, 3.05) is 0 Å². The van der Waals surface area contributed by atoms with Crippen LogP contribution in [0, 0.1) is 0 Å². The van der Waals surface area contributed by atoms with Crippen LogP contribution in [-0.2, 0) is 19.3 Å². The molecule has 22 heavy (non-hydrogen) atoms. The zero-order valence-electron chi connectivity index (χ0n) is 12.7. The average Bonchev–Trinajstić information content (AvgIpc) is 2.94. The van der Waals surface area contributed by atoms with Crippen LogP contribution < -0.4 is 5.32 Å². The Morgan fingerprint density at radius 3 is 2.86 bits per heavy atom. The van der Waals surface area contributed by atoms with Crippen molar-refractivity contribution < 1.29 is 0 Å². The van der Waals surface area contributed by atoms with Gasteiger partial charge in [-0.3, -0.25) is 4.98 Å². The van der Waals surface area contributed by atoms with Crippen LogP contribution in [0.25, 0.3) is 10.9 Å². The zero-order valence-corrected chi connectivity index (χ0v) is 12.7. The third-order valence-corrected chi connectivity index (χ3v) is 5.35. The van der Waals surface area contributed by atoms with Crippen LogP contribution >= 0.6 is 0 Å². The molecule has 2 atom stereocenters. The van der Waals surface area contributed by atoms with E-state index in [0.717, 1.165) is 19.3 Å². The number of nitrogens with zero attached hydrogens (tertiary/aromatic N) is 1. The van der Waals surface area contributed by atoms with Crippen LogP contribution in [-0.4, -0.2) is 9.97 Å². The molecule has 0 spiro atoms. The number of aromatic amines is 1. The molecule has 1 aromatic carbocycles. The molecule has 0 saturated carbocycles. The van der Waals surface area contributed by atoms with Gasteiger partial charge < -0.3 is 10.3 Å². The van der Waals surface area contributed by atoms with Gasteiger partial charge in [-0.25, -0.2) is 0 Å². The summed E-state index contributed by atoms with van der Waals surface area (Å²) in [5.74, 6) is 0. The van der Waals surface area contributed by atoms with E-state index in [-0.39, 0.29) is 0 Å². The summed E-state index contributed by atoms with van der Waals surface area (Å²) in [5.41, 5.74) is 8.49. The number of H-pyrrole nitrogens is 1. The lowest BCUT2D eigenvalue weighted by Gasteiger charge is -2.38. The van der Waals surface area contributed by atoms with E-state index in [1.165, 1.54) is 38.9 Å². The van der Waals surface area contributed by atoms with Crippen LogP contribution in [0.3, 0.4) is 0 Å². The Morgan fingerprint density at radius 1 is 1.09 bits per heavy atom. The molecule has 2 aliphatic heterocycles. The molecule has 0 radical (unpaired) electrons.